The third kappa shape index (κ3) is 4.42. The molecule has 0 unspecified atom stereocenters. The first-order valence-corrected chi connectivity index (χ1v) is 10.3. The van der Waals surface area contributed by atoms with E-state index >= 15 is 0 Å². The van der Waals surface area contributed by atoms with Gasteiger partial charge in [0.2, 0.25) is 5.91 Å². The van der Waals surface area contributed by atoms with Crippen molar-refractivity contribution in [1.29, 1.82) is 0 Å². The first kappa shape index (κ1) is 21.7. The summed E-state index contributed by atoms with van der Waals surface area (Å²) in [6, 6.07) is 9.27. The summed E-state index contributed by atoms with van der Waals surface area (Å²) >= 11 is 1.10. The summed E-state index contributed by atoms with van der Waals surface area (Å²) in [4.78, 5) is 44.8. The van der Waals surface area contributed by atoms with E-state index in [-0.39, 0.29) is 31.2 Å². The molecule has 0 bridgehead atoms. The van der Waals surface area contributed by atoms with Gasteiger partial charge < -0.3 is 14.4 Å². The third-order valence-corrected chi connectivity index (χ3v) is 5.79. The van der Waals surface area contributed by atoms with Gasteiger partial charge in [-0.15, -0.1) is 11.3 Å². The minimum absolute atomic E-state index is 0.127. The van der Waals surface area contributed by atoms with E-state index < -0.39 is 5.97 Å². The standard InChI is InChI=1S/C21H23N3O5S/c1-4-24(15-8-6-5-7-9-15)16(25)12-23-13-22-19-17(20(23)26)14(2)18(30-19)21(27)29-11-10-28-3/h5-9,13H,4,10-12H2,1-3H3. The maximum atomic E-state index is 13.0. The van der Waals surface area contributed by atoms with Crippen molar-refractivity contribution in [2.24, 2.45) is 0 Å². The smallest absolute Gasteiger partial charge is 0.348 e. The molecule has 0 spiro atoms. The molecule has 0 atom stereocenters. The molecular weight excluding hydrogens is 406 g/mol. The van der Waals surface area contributed by atoms with Crippen LogP contribution in [0.2, 0.25) is 0 Å². The molecule has 9 heteroatoms. The fourth-order valence-corrected chi connectivity index (χ4v) is 4.12. The van der Waals surface area contributed by atoms with Crippen LogP contribution in [-0.4, -0.2) is 48.3 Å². The van der Waals surface area contributed by atoms with Gasteiger partial charge in [-0.05, 0) is 31.5 Å². The molecule has 0 aliphatic carbocycles. The number of para-hydroxylation sites is 1. The predicted octanol–water partition coefficient (Wildman–Crippen LogP) is 2.62. The van der Waals surface area contributed by atoms with E-state index in [4.69, 9.17) is 9.47 Å². The van der Waals surface area contributed by atoms with Crippen LogP contribution >= 0.6 is 11.3 Å². The van der Waals surface area contributed by atoms with Crippen molar-refractivity contribution in [2.45, 2.75) is 20.4 Å². The van der Waals surface area contributed by atoms with Gasteiger partial charge in [0.25, 0.3) is 5.56 Å². The van der Waals surface area contributed by atoms with Crippen LogP contribution in [-0.2, 0) is 20.8 Å². The lowest BCUT2D eigenvalue weighted by atomic mass is 10.2. The highest BCUT2D eigenvalue weighted by atomic mass is 32.1. The summed E-state index contributed by atoms with van der Waals surface area (Å²) < 4.78 is 11.3. The van der Waals surface area contributed by atoms with E-state index in [9.17, 15) is 14.4 Å². The van der Waals surface area contributed by atoms with Gasteiger partial charge in [0.15, 0.2) is 0 Å². The maximum Gasteiger partial charge on any atom is 0.348 e. The number of anilines is 1. The number of rotatable bonds is 8. The Balaban J connectivity index is 1.88. The number of hydrogen-bond donors (Lipinski definition) is 0. The van der Waals surface area contributed by atoms with Crippen molar-refractivity contribution < 1.29 is 19.1 Å². The van der Waals surface area contributed by atoms with Gasteiger partial charge in [-0.2, -0.15) is 0 Å². The molecule has 1 aromatic carbocycles. The summed E-state index contributed by atoms with van der Waals surface area (Å²) in [5.74, 6) is -0.741. The Bertz CT molecular complexity index is 1110. The molecule has 1 amide bonds. The molecule has 0 saturated heterocycles. The van der Waals surface area contributed by atoms with E-state index in [2.05, 4.69) is 4.98 Å². The Morgan fingerprint density at radius 1 is 1.20 bits per heavy atom. The van der Waals surface area contributed by atoms with Gasteiger partial charge in [-0.1, -0.05) is 18.2 Å². The minimum Gasteiger partial charge on any atom is -0.459 e. The zero-order valence-electron chi connectivity index (χ0n) is 17.1. The molecule has 0 aliphatic heterocycles. The van der Waals surface area contributed by atoms with Crippen LogP contribution in [0, 0.1) is 6.92 Å². The van der Waals surface area contributed by atoms with Gasteiger partial charge >= 0.3 is 5.97 Å². The largest absolute Gasteiger partial charge is 0.459 e. The molecule has 2 aromatic heterocycles. The summed E-state index contributed by atoms with van der Waals surface area (Å²) in [6.45, 7) is 4.30. The van der Waals surface area contributed by atoms with Crippen LogP contribution in [0.3, 0.4) is 0 Å². The number of carbonyl (C=O) groups is 2. The number of methoxy groups -OCH3 is 1. The van der Waals surface area contributed by atoms with Crippen LogP contribution in [0.5, 0.6) is 0 Å². The van der Waals surface area contributed by atoms with Gasteiger partial charge in [0.05, 0.1) is 18.3 Å². The predicted molar refractivity (Wildman–Crippen MR) is 115 cm³/mol. The van der Waals surface area contributed by atoms with Crippen LogP contribution in [0.25, 0.3) is 10.2 Å². The van der Waals surface area contributed by atoms with Crippen molar-refractivity contribution >= 4 is 39.1 Å². The van der Waals surface area contributed by atoms with Crippen molar-refractivity contribution in [3.63, 3.8) is 0 Å². The monoisotopic (exact) mass is 429 g/mol. The highest BCUT2D eigenvalue weighted by molar-refractivity contribution is 7.20. The molecule has 0 N–H and O–H groups in total. The Kier molecular flexibility index (Phi) is 6.96. The van der Waals surface area contributed by atoms with E-state index in [1.54, 1.807) is 11.8 Å². The topological polar surface area (TPSA) is 90.7 Å². The van der Waals surface area contributed by atoms with Crippen molar-refractivity contribution in [3.8, 4) is 0 Å². The SMILES string of the molecule is CCN(C(=O)Cn1cnc2sc(C(=O)OCCOC)c(C)c2c1=O)c1ccccc1. The molecule has 0 saturated carbocycles. The fourth-order valence-electron chi connectivity index (χ4n) is 3.09. The summed E-state index contributed by atoms with van der Waals surface area (Å²) in [7, 11) is 1.52. The number of amides is 1. The zero-order chi connectivity index (χ0) is 21.7. The molecule has 158 valence electrons. The lowest BCUT2D eigenvalue weighted by molar-refractivity contribution is -0.119. The lowest BCUT2D eigenvalue weighted by Gasteiger charge is -2.21. The molecule has 3 aromatic rings. The molecule has 0 aliphatic rings. The number of aryl methyl sites for hydroxylation is 1. The molecular formula is C21H23N3O5S. The first-order chi connectivity index (χ1) is 14.5. The Morgan fingerprint density at radius 2 is 1.93 bits per heavy atom. The van der Waals surface area contributed by atoms with Gasteiger partial charge in [0.1, 0.15) is 22.9 Å². The van der Waals surface area contributed by atoms with Crippen LogP contribution < -0.4 is 10.5 Å². The average Bonchev–Trinajstić information content (AvgIpc) is 3.09. The van der Waals surface area contributed by atoms with Crippen molar-refractivity contribution in [1.82, 2.24) is 9.55 Å². The minimum atomic E-state index is -0.518. The highest BCUT2D eigenvalue weighted by Gasteiger charge is 2.22. The summed E-state index contributed by atoms with van der Waals surface area (Å²) in [6.07, 6.45) is 1.34. The molecule has 0 radical (unpaired) electrons. The Hall–Kier alpha value is -3.04. The van der Waals surface area contributed by atoms with Crippen LogP contribution in [0.1, 0.15) is 22.2 Å². The van der Waals surface area contributed by atoms with E-state index in [0.29, 0.717) is 27.2 Å². The number of fused-ring (bicyclic) bond motifs is 1. The zero-order valence-corrected chi connectivity index (χ0v) is 17.9. The number of nitrogens with zero attached hydrogens (tertiary/aromatic N) is 3. The Labute approximate surface area is 177 Å². The van der Waals surface area contributed by atoms with Crippen LogP contribution in [0.4, 0.5) is 5.69 Å². The number of esters is 1. The maximum absolute atomic E-state index is 13.0. The first-order valence-electron chi connectivity index (χ1n) is 9.47. The highest BCUT2D eigenvalue weighted by Crippen LogP contribution is 2.27. The molecule has 0 fully saturated rings. The number of likely N-dealkylation sites (N-methyl/N-ethyl adjacent to an activating group) is 1. The van der Waals surface area contributed by atoms with Crippen molar-refractivity contribution in [2.75, 3.05) is 31.8 Å². The second-order valence-electron chi connectivity index (χ2n) is 6.52. The molecule has 3 rings (SSSR count). The van der Waals surface area contributed by atoms with E-state index in [0.717, 1.165) is 17.0 Å². The number of thiophene rings is 1. The number of hydrogen-bond acceptors (Lipinski definition) is 7. The summed E-state index contributed by atoms with van der Waals surface area (Å²) in [5.41, 5.74) is 0.911. The third-order valence-electron chi connectivity index (χ3n) is 4.61. The molecule has 8 nitrogen and oxygen atoms in total. The number of carbonyl (C=O) groups excluding carboxylic acids is 2. The Morgan fingerprint density at radius 3 is 2.60 bits per heavy atom. The molecule has 30 heavy (non-hydrogen) atoms. The number of aromatic nitrogens is 2. The van der Waals surface area contributed by atoms with Gasteiger partial charge in [-0.3, -0.25) is 14.2 Å². The second kappa shape index (κ2) is 9.64. The molecule has 2 heterocycles. The van der Waals surface area contributed by atoms with E-state index in [1.807, 2.05) is 37.3 Å². The number of ether oxygens (including phenoxy) is 2. The summed E-state index contributed by atoms with van der Waals surface area (Å²) in [5, 5.41) is 0.330. The second-order valence-corrected chi connectivity index (χ2v) is 7.52. The van der Waals surface area contributed by atoms with Crippen LogP contribution in [0.15, 0.2) is 41.5 Å². The van der Waals surface area contributed by atoms with E-state index in [1.165, 1.54) is 18.0 Å². The number of benzene rings is 1. The average molecular weight is 429 g/mol. The van der Waals surface area contributed by atoms with Gasteiger partial charge in [-0.25, -0.2) is 9.78 Å². The fraction of sp³-hybridized carbons (Fsp3) is 0.333. The lowest BCUT2D eigenvalue weighted by Crippen LogP contribution is -2.36. The quantitative estimate of drug-likeness (QED) is 0.404. The van der Waals surface area contributed by atoms with Crippen molar-refractivity contribution in [3.05, 3.63) is 57.5 Å². The van der Waals surface area contributed by atoms with Gasteiger partial charge in [0, 0.05) is 19.3 Å². The normalized spacial score (nSPS) is 10.9.